The average Bonchev–Trinajstić information content (AvgIpc) is 3.54. The van der Waals surface area contributed by atoms with E-state index in [1.54, 1.807) is 6.07 Å². The maximum atomic E-state index is 14.1. The Balaban J connectivity index is 0.00000280. The van der Waals surface area contributed by atoms with E-state index in [0.717, 1.165) is 40.3 Å². The van der Waals surface area contributed by atoms with Crippen LogP contribution in [0.4, 0.5) is 4.39 Å². The van der Waals surface area contributed by atoms with E-state index in [1.165, 1.54) is 12.1 Å². The van der Waals surface area contributed by atoms with Crippen molar-refractivity contribution in [2.45, 2.75) is 31.6 Å². The number of rotatable bonds is 7. The van der Waals surface area contributed by atoms with E-state index >= 15 is 0 Å². The minimum Gasteiger partial charge on any atom is -0.550 e. The summed E-state index contributed by atoms with van der Waals surface area (Å²) in [5.74, 6) is -0.0129. The van der Waals surface area contributed by atoms with Crippen molar-refractivity contribution in [3.63, 3.8) is 0 Å². The van der Waals surface area contributed by atoms with Crippen molar-refractivity contribution < 1.29 is 58.1 Å². The SMILES string of the molecule is CCOc1nc2ccc(F)cc2n1-c1cccc2c1OC[C@H]2Cc1ccc2c(c1)OC[C@H]2CC(=O)[O-].[Na+]. The first-order valence-corrected chi connectivity index (χ1v) is 12.0. The van der Waals surface area contributed by atoms with Gasteiger partial charge in [0.15, 0.2) is 0 Å². The van der Waals surface area contributed by atoms with Gasteiger partial charge in [-0.25, -0.2) is 4.39 Å². The van der Waals surface area contributed by atoms with Crippen molar-refractivity contribution in [3.05, 3.63) is 77.1 Å². The van der Waals surface area contributed by atoms with Gasteiger partial charge >= 0.3 is 35.6 Å². The largest absolute Gasteiger partial charge is 1.00 e. The number of hydrogen-bond donors (Lipinski definition) is 0. The Hall–Kier alpha value is -3.07. The monoisotopic (exact) mass is 510 g/mol. The molecule has 0 amide bonds. The summed E-state index contributed by atoms with van der Waals surface area (Å²) in [6.45, 7) is 3.16. The number of aliphatic carboxylic acids is 1. The van der Waals surface area contributed by atoms with Gasteiger partial charge in [0.2, 0.25) is 0 Å². The minimum atomic E-state index is -1.07. The summed E-state index contributed by atoms with van der Waals surface area (Å²) in [6, 6.07) is 16.8. The molecule has 0 spiro atoms. The molecular weight excluding hydrogens is 486 g/mol. The molecule has 2 aliphatic rings. The Morgan fingerprint density at radius 1 is 1.11 bits per heavy atom. The van der Waals surface area contributed by atoms with Gasteiger partial charge in [-0.05, 0) is 49.6 Å². The number of imidazole rings is 1. The molecule has 184 valence electrons. The van der Waals surface area contributed by atoms with Gasteiger partial charge in [0.1, 0.15) is 17.3 Å². The van der Waals surface area contributed by atoms with Gasteiger partial charge in [-0.1, -0.05) is 24.3 Å². The Bertz CT molecular complexity index is 1490. The summed E-state index contributed by atoms with van der Waals surface area (Å²) in [7, 11) is 0. The normalized spacial score (nSPS) is 17.5. The van der Waals surface area contributed by atoms with E-state index in [9.17, 15) is 14.3 Å². The Labute approximate surface area is 235 Å². The van der Waals surface area contributed by atoms with Crippen LogP contribution in [-0.4, -0.2) is 35.3 Å². The molecule has 9 heteroatoms. The van der Waals surface area contributed by atoms with Crippen LogP contribution in [0, 0.1) is 5.82 Å². The minimum absolute atomic E-state index is 0. The third-order valence-corrected chi connectivity index (χ3v) is 6.85. The van der Waals surface area contributed by atoms with Crippen molar-refractivity contribution >= 4 is 17.0 Å². The second-order valence-electron chi connectivity index (χ2n) is 9.16. The van der Waals surface area contributed by atoms with Crippen LogP contribution in [0.5, 0.6) is 17.5 Å². The molecule has 2 aliphatic heterocycles. The van der Waals surface area contributed by atoms with Gasteiger partial charge in [-0.15, -0.1) is 0 Å². The van der Waals surface area contributed by atoms with Gasteiger partial charge in [-0.3, -0.25) is 4.57 Å². The van der Waals surface area contributed by atoms with Crippen molar-refractivity contribution in [2.24, 2.45) is 0 Å². The van der Waals surface area contributed by atoms with Gasteiger partial charge < -0.3 is 24.1 Å². The van der Waals surface area contributed by atoms with Crippen LogP contribution in [0.2, 0.25) is 0 Å². The summed E-state index contributed by atoms with van der Waals surface area (Å²) >= 11 is 0. The molecule has 3 aromatic carbocycles. The average molecular weight is 510 g/mol. The maximum absolute atomic E-state index is 14.1. The Morgan fingerprint density at radius 2 is 1.95 bits per heavy atom. The number of fused-ring (bicyclic) bond motifs is 3. The van der Waals surface area contributed by atoms with Crippen LogP contribution in [0.3, 0.4) is 0 Å². The maximum Gasteiger partial charge on any atom is 1.00 e. The molecule has 0 aliphatic carbocycles. The first-order chi connectivity index (χ1) is 17.5. The van der Waals surface area contributed by atoms with Gasteiger partial charge in [0, 0.05) is 35.0 Å². The van der Waals surface area contributed by atoms with Crippen molar-refractivity contribution in [1.29, 1.82) is 0 Å². The molecule has 3 heterocycles. The fourth-order valence-electron chi connectivity index (χ4n) is 5.23. The Morgan fingerprint density at radius 3 is 2.76 bits per heavy atom. The topological polar surface area (TPSA) is 85.6 Å². The number of ether oxygens (including phenoxy) is 3. The van der Waals surface area contributed by atoms with E-state index < -0.39 is 5.97 Å². The zero-order chi connectivity index (χ0) is 24.8. The number of aromatic nitrogens is 2. The predicted octanol–water partition coefficient (Wildman–Crippen LogP) is 0.902. The molecular formula is C28H24FN2NaO5. The molecule has 0 radical (unpaired) electrons. The number of para-hydroxylation sites is 1. The molecule has 0 fully saturated rings. The van der Waals surface area contributed by atoms with E-state index in [1.807, 2.05) is 41.8 Å². The summed E-state index contributed by atoms with van der Waals surface area (Å²) < 4.78 is 33.7. The number of halogens is 1. The Kier molecular flexibility index (Phi) is 7.16. The molecule has 0 bridgehead atoms. The van der Waals surface area contributed by atoms with Gasteiger partial charge in [-0.2, -0.15) is 4.98 Å². The number of hydrogen-bond acceptors (Lipinski definition) is 6. The van der Waals surface area contributed by atoms with E-state index in [0.29, 0.717) is 36.9 Å². The zero-order valence-electron chi connectivity index (χ0n) is 20.7. The number of carboxylic acid groups (broad SMARTS) is 1. The molecule has 37 heavy (non-hydrogen) atoms. The molecule has 0 saturated heterocycles. The summed E-state index contributed by atoms with van der Waals surface area (Å²) in [4.78, 5) is 15.6. The summed E-state index contributed by atoms with van der Waals surface area (Å²) in [5.41, 5.74) is 5.07. The quantitative estimate of drug-likeness (QED) is 0.344. The molecule has 1 aromatic heterocycles. The zero-order valence-corrected chi connectivity index (χ0v) is 22.7. The first-order valence-electron chi connectivity index (χ1n) is 12.0. The van der Waals surface area contributed by atoms with Gasteiger partial charge in [0.05, 0.1) is 36.5 Å². The smallest absolute Gasteiger partial charge is 0.550 e. The second-order valence-corrected chi connectivity index (χ2v) is 9.16. The molecule has 2 atom stereocenters. The molecule has 0 unspecified atom stereocenters. The van der Waals surface area contributed by atoms with Crippen LogP contribution in [0.1, 0.15) is 41.9 Å². The number of nitrogens with zero attached hydrogens (tertiary/aromatic N) is 2. The number of carbonyl (C=O) groups is 1. The molecule has 4 aromatic rings. The van der Waals surface area contributed by atoms with Crippen molar-refractivity contribution in [1.82, 2.24) is 9.55 Å². The predicted molar refractivity (Wildman–Crippen MR) is 128 cm³/mol. The van der Waals surface area contributed by atoms with Crippen molar-refractivity contribution in [3.8, 4) is 23.2 Å². The number of carbonyl (C=O) groups excluding carboxylic acids is 1. The molecule has 0 saturated carbocycles. The third kappa shape index (κ3) is 4.69. The third-order valence-electron chi connectivity index (χ3n) is 6.85. The van der Waals surface area contributed by atoms with Crippen LogP contribution >= 0.6 is 0 Å². The van der Waals surface area contributed by atoms with Crippen LogP contribution in [0.25, 0.3) is 16.7 Å². The second kappa shape index (κ2) is 10.4. The van der Waals surface area contributed by atoms with Crippen molar-refractivity contribution in [2.75, 3.05) is 19.8 Å². The molecule has 6 rings (SSSR count). The number of carboxylic acids is 1. The summed E-state index contributed by atoms with van der Waals surface area (Å²) in [5, 5.41) is 11.0. The fraction of sp³-hybridized carbons (Fsp3) is 0.286. The summed E-state index contributed by atoms with van der Waals surface area (Å²) in [6.07, 6.45) is 0.686. The van der Waals surface area contributed by atoms with E-state index in [-0.39, 0.29) is 53.6 Å². The van der Waals surface area contributed by atoms with E-state index in [4.69, 9.17) is 14.2 Å². The fourth-order valence-corrected chi connectivity index (χ4v) is 5.23. The number of benzene rings is 3. The van der Waals surface area contributed by atoms with Gasteiger partial charge in [0.25, 0.3) is 0 Å². The molecule has 0 N–H and O–H groups in total. The van der Waals surface area contributed by atoms with Crippen LogP contribution in [0.15, 0.2) is 54.6 Å². The van der Waals surface area contributed by atoms with Crippen LogP contribution in [-0.2, 0) is 11.2 Å². The van der Waals surface area contributed by atoms with E-state index in [2.05, 4.69) is 11.1 Å². The molecule has 7 nitrogen and oxygen atoms in total. The first kappa shape index (κ1) is 25.6. The standard InChI is InChI=1S/C28H25FN2O5.Na/c1-2-34-28-30-22-9-7-19(29)13-24(22)31(28)23-5-3-4-21-17(15-36-27(21)23)10-16-6-8-20-18(12-26(32)33)14-35-25(20)11-16;/h3-9,11,13,17-18H,2,10,12,14-15H2,1H3,(H,32,33);/q;+1/p-1/t17-,18-;/m1./s1. The van der Waals surface area contributed by atoms with Crippen LogP contribution < -0.4 is 48.9 Å².